The minimum absolute atomic E-state index is 0.418. The van der Waals surface area contributed by atoms with E-state index in [9.17, 15) is 4.79 Å². The summed E-state index contributed by atoms with van der Waals surface area (Å²) in [6, 6.07) is 7.28. The third-order valence-electron chi connectivity index (χ3n) is 2.39. The first-order valence-electron chi connectivity index (χ1n) is 5.09. The number of carbonyl (C=O) groups is 1. The Morgan fingerprint density at radius 1 is 1.56 bits per heavy atom. The second kappa shape index (κ2) is 6.51. The summed E-state index contributed by atoms with van der Waals surface area (Å²) in [5, 5.41) is 9.67. The largest absolute Gasteiger partial charge is 0.481 e. The van der Waals surface area contributed by atoms with Gasteiger partial charge in [-0.25, -0.2) is 0 Å². The summed E-state index contributed by atoms with van der Waals surface area (Å²) in [5.74, 6) is -1.21. The van der Waals surface area contributed by atoms with Crippen molar-refractivity contribution in [2.75, 3.05) is 13.7 Å². The predicted molar refractivity (Wildman–Crippen MR) is 62.8 cm³/mol. The maximum absolute atomic E-state index is 11.0. The van der Waals surface area contributed by atoms with Crippen molar-refractivity contribution in [2.45, 2.75) is 12.8 Å². The SMILES string of the molecule is COCCC(Cc1cccc(Cl)c1)C(=O)O. The number of carboxylic acid groups (broad SMARTS) is 1. The van der Waals surface area contributed by atoms with Crippen molar-refractivity contribution < 1.29 is 14.6 Å². The van der Waals surface area contributed by atoms with Crippen LogP contribution in [0.2, 0.25) is 5.02 Å². The van der Waals surface area contributed by atoms with Gasteiger partial charge in [-0.15, -0.1) is 0 Å². The summed E-state index contributed by atoms with van der Waals surface area (Å²) in [6.45, 7) is 0.456. The van der Waals surface area contributed by atoms with Gasteiger partial charge in [0, 0.05) is 18.7 Å². The first-order chi connectivity index (χ1) is 7.63. The molecule has 1 N–H and O–H groups in total. The molecule has 1 atom stereocenters. The van der Waals surface area contributed by atoms with Crippen LogP contribution in [0.15, 0.2) is 24.3 Å². The lowest BCUT2D eigenvalue weighted by Crippen LogP contribution is -2.18. The Morgan fingerprint density at radius 2 is 2.31 bits per heavy atom. The highest BCUT2D eigenvalue weighted by atomic mass is 35.5. The van der Waals surface area contributed by atoms with E-state index in [4.69, 9.17) is 21.4 Å². The Balaban J connectivity index is 2.64. The van der Waals surface area contributed by atoms with E-state index < -0.39 is 11.9 Å². The van der Waals surface area contributed by atoms with Crippen molar-refractivity contribution >= 4 is 17.6 Å². The maximum Gasteiger partial charge on any atom is 0.306 e. The van der Waals surface area contributed by atoms with Crippen molar-refractivity contribution in [3.8, 4) is 0 Å². The third-order valence-corrected chi connectivity index (χ3v) is 2.63. The van der Waals surface area contributed by atoms with E-state index in [1.165, 1.54) is 0 Å². The second-order valence-corrected chi connectivity index (χ2v) is 4.09. The van der Waals surface area contributed by atoms with E-state index >= 15 is 0 Å². The number of ether oxygens (including phenoxy) is 1. The summed E-state index contributed by atoms with van der Waals surface area (Å²) in [5.41, 5.74) is 0.941. The van der Waals surface area contributed by atoms with E-state index in [0.717, 1.165) is 5.56 Å². The van der Waals surface area contributed by atoms with E-state index in [-0.39, 0.29) is 0 Å². The molecule has 0 aliphatic rings. The van der Waals surface area contributed by atoms with Gasteiger partial charge in [0.25, 0.3) is 0 Å². The molecule has 0 bridgehead atoms. The van der Waals surface area contributed by atoms with Crippen LogP contribution in [0.3, 0.4) is 0 Å². The van der Waals surface area contributed by atoms with Gasteiger partial charge < -0.3 is 9.84 Å². The van der Waals surface area contributed by atoms with E-state index in [2.05, 4.69) is 0 Å². The fourth-order valence-corrected chi connectivity index (χ4v) is 1.73. The Labute approximate surface area is 100.0 Å². The lowest BCUT2D eigenvalue weighted by molar-refractivity contribution is -0.142. The van der Waals surface area contributed by atoms with E-state index in [1.54, 1.807) is 19.2 Å². The van der Waals surface area contributed by atoms with Crippen LogP contribution in [-0.4, -0.2) is 24.8 Å². The third kappa shape index (κ3) is 4.21. The Bertz CT molecular complexity index is 352. The molecule has 0 aromatic heterocycles. The smallest absolute Gasteiger partial charge is 0.306 e. The Hall–Kier alpha value is -1.06. The van der Waals surface area contributed by atoms with E-state index in [0.29, 0.717) is 24.5 Å². The summed E-state index contributed by atoms with van der Waals surface area (Å²) in [4.78, 5) is 11.0. The molecule has 0 aliphatic heterocycles. The lowest BCUT2D eigenvalue weighted by Gasteiger charge is -2.11. The zero-order chi connectivity index (χ0) is 12.0. The number of halogens is 1. The minimum Gasteiger partial charge on any atom is -0.481 e. The molecule has 0 fully saturated rings. The average molecular weight is 243 g/mol. The molecule has 1 aromatic carbocycles. The first-order valence-corrected chi connectivity index (χ1v) is 5.47. The number of methoxy groups -OCH3 is 1. The van der Waals surface area contributed by atoms with Gasteiger partial charge in [-0.1, -0.05) is 23.7 Å². The van der Waals surface area contributed by atoms with Crippen molar-refractivity contribution in [2.24, 2.45) is 5.92 Å². The average Bonchev–Trinajstić information content (AvgIpc) is 2.24. The number of hydrogen-bond acceptors (Lipinski definition) is 2. The van der Waals surface area contributed by atoms with Crippen LogP contribution in [-0.2, 0) is 16.0 Å². The number of aliphatic carboxylic acids is 1. The van der Waals surface area contributed by atoms with Crippen LogP contribution < -0.4 is 0 Å². The quantitative estimate of drug-likeness (QED) is 0.834. The van der Waals surface area contributed by atoms with Gasteiger partial charge in [0.15, 0.2) is 0 Å². The topological polar surface area (TPSA) is 46.5 Å². The van der Waals surface area contributed by atoms with Crippen LogP contribution >= 0.6 is 11.6 Å². The molecule has 16 heavy (non-hydrogen) atoms. The second-order valence-electron chi connectivity index (χ2n) is 3.65. The number of benzene rings is 1. The van der Waals surface area contributed by atoms with Crippen molar-refractivity contribution in [3.63, 3.8) is 0 Å². The van der Waals surface area contributed by atoms with Crippen molar-refractivity contribution in [1.29, 1.82) is 0 Å². The molecule has 4 heteroatoms. The molecular formula is C12H15ClO3. The minimum atomic E-state index is -0.794. The zero-order valence-electron chi connectivity index (χ0n) is 9.15. The summed E-state index contributed by atoms with van der Waals surface area (Å²) >= 11 is 5.84. The highest BCUT2D eigenvalue weighted by Gasteiger charge is 2.17. The van der Waals surface area contributed by atoms with Gasteiger partial charge in [-0.3, -0.25) is 4.79 Å². The summed E-state index contributed by atoms with van der Waals surface area (Å²) < 4.78 is 4.89. The zero-order valence-corrected chi connectivity index (χ0v) is 9.91. The van der Waals surface area contributed by atoms with Gasteiger partial charge in [-0.2, -0.15) is 0 Å². The fourth-order valence-electron chi connectivity index (χ4n) is 1.52. The molecule has 0 amide bonds. The van der Waals surface area contributed by atoms with Gasteiger partial charge in [0.2, 0.25) is 0 Å². The van der Waals surface area contributed by atoms with Crippen LogP contribution in [0.1, 0.15) is 12.0 Å². The van der Waals surface area contributed by atoms with Crippen LogP contribution in [0.5, 0.6) is 0 Å². The fraction of sp³-hybridized carbons (Fsp3) is 0.417. The Kier molecular flexibility index (Phi) is 5.29. The van der Waals surface area contributed by atoms with Crippen molar-refractivity contribution in [1.82, 2.24) is 0 Å². The van der Waals surface area contributed by atoms with Crippen LogP contribution in [0.25, 0.3) is 0 Å². The van der Waals surface area contributed by atoms with Crippen molar-refractivity contribution in [3.05, 3.63) is 34.9 Å². The van der Waals surface area contributed by atoms with Crippen LogP contribution in [0, 0.1) is 5.92 Å². The molecule has 1 unspecified atom stereocenters. The maximum atomic E-state index is 11.0. The predicted octanol–water partition coefficient (Wildman–Crippen LogP) is 2.62. The highest BCUT2D eigenvalue weighted by molar-refractivity contribution is 6.30. The molecule has 0 aliphatic carbocycles. The molecule has 0 heterocycles. The monoisotopic (exact) mass is 242 g/mol. The van der Waals surface area contributed by atoms with Crippen LogP contribution in [0.4, 0.5) is 0 Å². The van der Waals surface area contributed by atoms with Gasteiger partial charge in [-0.05, 0) is 30.5 Å². The lowest BCUT2D eigenvalue weighted by atomic mass is 9.97. The number of carboxylic acids is 1. The molecule has 0 saturated carbocycles. The molecular weight excluding hydrogens is 228 g/mol. The number of rotatable bonds is 6. The highest BCUT2D eigenvalue weighted by Crippen LogP contribution is 2.16. The molecule has 1 rings (SSSR count). The van der Waals surface area contributed by atoms with Gasteiger partial charge in [0.05, 0.1) is 5.92 Å². The molecule has 0 radical (unpaired) electrons. The summed E-state index contributed by atoms with van der Waals surface area (Å²) in [6.07, 6.45) is 0.998. The molecule has 3 nitrogen and oxygen atoms in total. The molecule has 0 spiro atoms. The standard InChI is InChI=1S/C12H15ClO3/c1-16-6-5-10(12(14)15)7-9-3-2-4-11(13)8-9/h2-4,8,10H,5-7H2,1H3,(H,14,15). The van der Waals surface area contributed by atoms with E-state index in [1.807, 2.05) is 12.1 Å². The molecule has 0 saturated heterocycles. The summed E-state index contributed by atoms with van der Waals surface area (Å²) in [7, 11) is 1.57. The molecule has 1 aromatic rings. The first kappa shape index (κ1) is 13.0. The number of hydrogen-bond donors (Lipinski definition) is 1. The normalized spacial score (nSPS) is 12.4. The van der Waals surface area contributed by atoms with Gasteiger partial charge in [0.1, 0.15) is 0 Å². The molecule has 88 valence electrons. The van der Waals surface area contributed by atoms with Gasteiger partial charge >= 0.3 is 5.97 Å². The Morgan fingerprint density at radius 3 is 2.88 bits per heavy atom.